The molecule has 5 nitrogen and oxygen atoms in total. The first-order valence-electron chi connectivity index (χ1n) is 7.01. The molecule has 0 aliphatic rings. The highest BCUT2D eigenvalue weighted by atomic mass is 16.4. The van der Waals surface area contributed by atoms with Crippen LogP contribution in [0.4, 0.5) is 0 Å². The summed E-state index contributed by atoms with van der Waals surface area (Å²) in [5, 5.41) is 9.45. The topological polar surface area (TPSA) is 70.8 Å². The highest BCUT2D eigenvalue weighted by Crippen LogP contribution is 2.18. The maximum absolute atomic E-state index is 12.5. The number of likely N-dealkylation sites (N-methyl/N-ethyl adjacent to an activating group) is 1. The minimum atomic E-state index is -1.04. The molecule has 116 valence electrons. The van der Waals surface area contributed by atoms with Crippen molar-refractivity contribution in [1.82, 2.24) is 4.90 Å². The van der Waals surface area contributed by atoms with Gasteiger partial charge in [-0.05, 0) is 25.5 Å². The van der Waals surface area contributed by atoms with Crippen molar-refractivity contribution in [3.05, 3.63) is 59.0 Å². The summed E-state index contributed by atoms with van der Waals surface area (Å²) in [5.41, 5.74) is 1.57. The van der Waals surface area contributed by atoms with Gasteiger partial charge in [0, 0.05) is 19.0 Å². The molecule has 0 saturated carbocycles. The van der Waals surface area contributed by atoms with Gasteiger partial charge in [0.15, 0.2) is 5.76 Å². The summed E-state index contributed by atoms with van der Waals surface area (Å²) < 4.78 is 5.39. The molecule has 2 rings (SSSR count). The summed E-state index contributed by atoms with van der Waals surface area (Å²) in [6.07, 6.45) is 0.247. The van der Waals surface area contributed by atoms with Crippen LogP contribution in [0.2, 0.25) is 0 Å². The van der Waals surface area contributed by atoms with E-state index in [0.717, 1.165) is 5.56 Å². The summed E-state index contributed by atoms with van der Waals surface area (Å²) in [4.78, 5) is 25.3. The zero-order valence-electron chi connectivity index (χ0n) is 12.9. The van der Waals surface area contributed by atoms with Crippen molar-refractivity contribution in [3.8, 4) is 0 Å². The van der Waals surface area contributed by atoms with Crippen molar-refractivity contribution in [3.63, 3.8) is 0 Å². The molecule has 2 aromatic rings. The second kappa shape index (κ2) is 6.47. The number of amides is 1. The Kier molecular flexibility index (Phi) is 4.65. The number of benzene rings is 1. The molecule has 5 heteroatoms. The van der Waals surface area contributed by atoms with Crippen molar-refractivity contribution in [2.45, 2.75) is 26.3 Å². The van der Waals surface area contributed by atoms with E-state index in [-0.39, 0.29) is 12.2 Å². The Morgan fingerprint density at radius 3 is 2.36 bits per heavy atom. The predicted molar refractivity (Wildman–Crippen MR) is 81.8 cm³/mol. The van der Waals surface area contributed by atoms with Crippen molar-refractivity contribution in [1.29, 1.82) is 0 Å². The molecule has 1 unspecified atom stereocenters. The molecule has 0 spiro atoms. The van der Waals surface area contributed by atoms with Gasteiger partial charge in [-0.3, -0.25) is 4.79 Å². The number of carboxylic acid groups (broad SMARTS) is 1. The first-order chi connectivity index (χ1) is 10.4. The predicted octanol–water partition coefficient (Wildman–Crippen LogP) is 2.66. The van der Waals surface area contributed by atoms with Crippen LogP contribution in [0, 0.1) is 13.8 Å². The quantitative estimate of drug-likeness (QED) is 0.921. The number of carbonyl (C=O) groups is 2. The maximum atomic E-state index is 12.5. The Balaban J connectivity index is 2.23. The third kappa shape index (κ3) is 3.36. The summed E-state index contributed by atoms with van der Waals surface area (Å²) in [5.74, 6) is -0.641. The number of nitrogens with zero attached hydrogens (tertiary/aromatic N) is 1. The summed E-state index contributed by atoms with van der Waals surface area (Å²) in [6.45, 7) is 3.52. The number of furan rings is 1. The van der Waals surface area contributed by atoms with Gasteiger partial charge in [0.05, 0.1) is 0 Å². The van der Waals surface area contributed by atoms with Gasteiger partial charge in [-0.15, -0.1) is 0 Å². The molecule has 0 bridgehead atoms. The SMILES string of the molecule is Cc1cc(C)c(C(=O)N(C)C(Cc2ccccc2)C(=O)O)o1. The van der Waals surface area contributed by atoms with Crippen LogP contribution in [-0.4, -0.2) is 35.0 Å². The molecule has 0 aliphatic heterocycles. The summed E-state index contributed by atoms with van der Waals surface area (Å²) in [6, 6.07) is 10.1. The van der Waals surface area contributed by atoms with E-state index in [4.69, 9.17) is 4.42 Å². The minimum Gasteiger partial charge on any atom is -0.480 e. The molecule has 1 N–H and O–H groups in total. The average Bonchev–Trinajstić information content (AvgIpc) is 2.82. The first kappa shape index (κ1) is 15.8. The van der Waals surface area contributed by atoms with Gasteiger partial charge in [-0.2, -0.15) is 0 Å². The Morgan fingerprint density at radius 2 is 1.86 bits per heavy atom. The molecule has 1 amide bonds. The Bertz CT molecular complexity index is 675. The lowest BCUT2D eigenvalue weighted by atomic mass is 10.0. The molecule has 1 atom stereocenters. The van der Waals surface area contributed by atoms with Crippen molar-refractivity contribution in [2.24, 2.45) is 0 Å². The minimum absolute atomic E-state index is 0.194. The number of aryl methyl sites for hydroxylation is 2. The Labute approximate surface area is 129 Å². The third-order valence-corrected chi connectivity index (χ3v) is 3.58. The van der Waals surface area contributed by atoms with Crippen molar-refractivity contribution in [2.75, 3.05) is 7.05 Å². The molecule has 1 aromatic carbocycles. The summed E-state index contributed by atoms with van der Waals surface area (Å²) in [7, 11) is 1.49. The van der Waals surface area contributed by atoms with Gasteiger partial charge in [-0.25, -0.2) is 4.79 Å². The van der Waals surface area contributed by atoms with Gasteiger partial charge in [0.2, 0.25) is 0 Å². The fraction of sp³-hybridized carbons (Fsp3) is 0.294. The van der Waals surface area contributed by atoms with Crippen molar-refractivity contribution >= 4 is 11.9 Å². The van der Waals surface area contributed by atoms with Crippen LogP contribution in [-0.2, 0) is 11.2 Å². The van der Waals surface area contributed by atoms with Crippen LogP contribution in [0.5, 0.6) is 0 Å². The van der Waals surface area contributed by atoms with Crippen LogP contribution < -0.4 is 0 Å². The molecule has 0 aliphatic carbocycles. The maximum Gasteiger partial charge on any atom is 0.326 e. The second-order valence-electron chi connectivity index (χ2n) is 5.33. The Hall–Kier alpha value is -2.56. The molecular formula is C17H19NO4. The van der Waals surface area contributed by atoms with Crippen LogP contribution in [0.3, 0.4) is 0 Å². The number of hydrogen-bond acceptors (Lipinski definition) is 3. The number of aliphatic carboxylic acids is 1. The first-order valence-corrected chi connectivity index (χ1v) is 7.01. The van der Waals surface area contributed by atoms with E-state index in [1.807, 2.05) is 30.3 Å². The molecule has 0 saturated heterocycles. The van der Waals surface area contributed by atoms with Gasteiger partial charge in [0.1, 0.15) is 11.8 Å². The van der Waals surface area contributed by atoms with Crippen LogP contribution in [0.25, 0.3) is 0 Å². The summed E-state index contributed by atoms with van der Waals surface area (Å²) >= 11 is 0. The van der Waals surface area contributed by atoms with Crippen molar-refractivity contribution < 1.29 is 19.1 Å². The number of carboxylic acids is 1. The lowest BCUT2D eigenvalue weighted by Gasteiger charge is -2.24. The standard InChI is InChI=1S/C17H19NO4/c1-11-9-12(2)22-15(11)16(19)18(3)14(17(20)21)10-13-7-5-4-6-8-13/h4-9,14H,10H2,1-3H3,(H,20,21). The van der Waals surface area contributed by atoms with E-state index < -0.39 is 17.9 Å². The lowest BCUT2D eigenvalue weighted by molar-refractivity contribution is -0.141. The zero-order chi connectivity index (χ0) is 16.3. The molecule has 0 fully saturated rings. The fourth-order valence-corrected chi connectivity index (χ4v) is 2.38. The lowest BCUT2D eigenvalue weighted by Crippen LogP contribution is -2.43. The van der Waals surface area contributed by atoms with E-state index in [1.165, 1.54) is 11.9 Å². The smallest absolute Gasteiger partial charge is 0.326 e. The normalized spacial score (nSPS) is 12.0. The largest absolute Gasteiger partial charge is 0.480 e. The zero-order valence-corrected chi connectivity index (χ0v) is 12.9. The van der Waals surface area contributed by atoms with Gasteiger partial charge in [-0.1, -0.05) is 30.3 Å². The molecule has 1 aromatic heterocycles. The van der Waals surface area contributed by atoms with Crippen LogP contribution >= 0.6 is 0 Å². The molecule has 22 heavy (non-hydrogen) atoms. The Morgan fingerprint density at radius 1 is 1.23 bits per heavy atom. The average molecular weight is 301 g/mol. The number of hydrogen-bond donors (Lipinski definition) is 1. The fourth-order valence-electron chi connectivity index (χ4n) is 2.38. The van der Waals surface area contributed by atoms with Gasteiger partial charge < -0.3 is 14.4 Å². The van der Waals surface area contributed by atoms with E-state index in [9.17, 15) is 14.7 Å². The second-order valence-corrected chi connectivity index (χ2v) is 5.33. The van der Waals surface area contributed by atoms with Crippen LogP contribution in [0.1, 0.15) is 27.4 Å². The van der Waals surface area contributed by atoms with Crippen LogP contribution in [0.15, 0.2) is 40.8 Å². The number of carbonyl (C=O) groups excluding carboxylic acids is 1. The highest BCUT2D eigenvalue weighted by molar-refractivity contribution is 5.95. The van der Waals surface area contributed by atoms with Gasteiger partial charge in [0.25, 0.3) is 5.91 Å². The van der Waals surface area contributed by atoms with E-state index in [2.05, 4.69) is 0 Å². The molecule has 0 radical (unpaired) electrons. The third-order valence-electron chi connectivity index (χ3n) is 3.58. The number of rotatable bonds is 5. The molecule has 1 heterocycles. The van der Waals surface area contributed by atoms with E-state index >= 15 is 0 Å². The van der Waals surface area contributed by atoms with Gasteiger partial charge >= 0.3 is 5.97 Å². The van der Waals surface area contributed by atoms with E-state index in [0.29, 0.717) is 11.3 Å². The van der Waals surface area contributed by atoms with E-state index in [1.54, 1.807) is 19.9 Å². The highest BCUT2D eigenvalue weighted by Gasteiger charge is 2.30. The monoisotopic (exact) mass is 301 g/mol. The molecular weight excluding hydrogens is 282 g/mol.